The molecule has 0 unspecified atom stereocenters. The number of fused-ring (bicyclic) bond motifs is 4. The predicted octanol–water partition coefficient (Wildman–Crippen LogP) is 5.45. The first-order valence-corrected chi connectivity index (χ1v) is 10.7. The Hall–Kier alpha value is -3.06. The van der Waals surface area contributed by atoms with Crippen molar-refractivity contribution < 1.29 is 18.4 Å². The molecule has 31 heavy (non-hydrogen) atoms. The topological polar surface area (TPSA) is 83.4 Å². The zero-order chi connectivity index (χ0) is 21.6. The number of furan rings is 1. The van der Waals surface area contributed by atoms with Gasteiger partial charge in [-0.1, -0.05) is 43.0 Å². The molecule has 1 aliphatic carbocycles. The Balaban J connectivity index is 1.52. The molecule has 2 aromatic carbocycles. The van der Waals surface area contributed by atoms with Crippen LogP contribution in [-0.4, -0.2) is 11.9 Å². The monoisotopic (exact) mass is 441 g/mol. The second-order valence-electron chi connectivity index (χ2n) is 8.17. The molecule has 2 heterocycles. The molecule has 0 radical (unpaired) electrons. The number of carbonyl (C=O) groups excluding carboxylic acids is 2. The molecule has 0 bridgehead atoms. The lowest BCUT2D eigenvalue weighted by atomic mass is 9.74. The Morgan fingerprint density at radius 1 is 1.19 bits per heavy atom. The molecule has 3 amide bonds. The highest BCUT2D eigenvalue weighted by Gasteiger charge is 2.43. The van der Waals surface area contributed by atoms with E-state index in [1.54, 1.807) is 24.3 Å². The van der Waals surface area contributed by atoms with Gasteiger partial charge in [0.1, 0.15) is 11.4 Å². The number of urea groups is 1. The van der Waals surface area contributed by atoms with Crippen LogP contribution in [0.5, 0.6) is 0 Å². The van der Waals surface area contributed by atoms with E-state index < -0.39 is 11.4 Å². The number of anilines is 1. The lowest BCUT2D eigenvalue weighted by molar-refractivity contribution is 0.0925. The van der Waals surface area contributed by atoms with E-state index in [4.69, 9.17) is 16.0 Å². The second kappa shape index (κ2) is 7.57. The van der Waals surface area contributed by atoms with Gasteiger partial charge < -0.3 is 20.4 Å². The summed E-state index contributed by atoms with van der Waals surface area (Å²) >= 11 is 6.51. The van der Waals surface area contributed by atoms with Gasteiger partial charge in [0, 0.05) is 17.5 Å². The van der Waals surface area contributed by atoms with Gasteiger partial charge in [-0.25, -0.2) is 9.18 Å². The molecule has 1 saturated carbocycles. The largest absolute Gasteiger partial charge is 0.450 e. The minimum atomic E-state index is -0.563. The van der Waals surface area contributed by atoms with Crippen molar-refractivity contribution in [2.45, 2.75) is 44.2 Å². The van der Waals surface area contributed by atoms with Crippen LogP contribution >= 0.6 is 11.6 Å². The quantitative estimate of drug-likeness (QED) is 0.505. The van der Waals surface area contributed by atoms with E-state index in [0.29, 0.717) is 27.2 Å². The standard InChI is InChI=1S/C23H21ClFN3O3/c24-16-10-14-11-17(21(29)26-12-13-5-4-6-15(25)9-13)31-20(14)18-19(16)27-22(30)28-23(18)7-2-1-3-8-23/h4-6,9-11H,1-3,7-8,12H2,(H,26,29)(H2,27,28,30). The molecule has 1 spiro atoms. The third kappa shape index (κ3) is 3.53. The maximum absolute atomic E-state index is 13.4. The molecule has 3 N–H and O–H groups in total. The molecule has 3 aromatic rings. The first-order valence-electron chi connectivity index (χ1n) is 10.3. The van der Waals surface area contributed by atoms with Crippen LogP contribution < -0.4 is 16.0 Å². The normalized spacial score (nSPS) is 17.2. The maximum atomic E-state index is 13.4. The predicted molar refractivity (Wildman–Crippen MR) is 116 cm³/mol. The zero-order valence-electron chi connectivity index (χ0n) is 16.7. The Bertz CT molecular complexity index is 1200. The molecule has 0 saturated heterocycles. The van der Waals surface area contributed by atoms with Crippen molar-refractivity contribution >= 4 is 40.2 Å². The first-order chi connectivity index (χ1) is 14.9. The molecule has 0 atom stereocenters. The van der Waals surface area contributed by atoms with Crippen molar-refractivity contribution in [1.82, 2.24) is 10.6 Å². The van der Waals surface area contributed by atoms with Crippen LogP contribution in [0.2, 0.25) is 5.02 Å². The van der Waals surface area contributed by atoms with Gasteiger partial charge in [0.05, 0.1) is 16.2 Å². The average Bonchev–Trinajstić information content (AvgIpc) is 3.16. The van der Waals surface area contributed by atoms with Gasteiger partial charge in [-0.2, -0.15) is 0 Å². The van der Waals surface area contributed by atoms with E-state index in [1.807, 2.05) is 0 Å². The summed E-state index contributed by atoms with van der Waals surface area (Å²) in [5, 5.41) is 9.76. The number of rotatable bonds is 3. The minimum absolute atomic E-state index is 0.138. The highest BCUT2D eigenvalue weighted by molar-refractivity contribution is 6.35. The number of amides is 3. The fourth-order valence-electron chi connectivity index (χ4n) is 4.71. The fourth-order valence-corrected chi connectivity index (χ4v) is 4.97. The van der Waals surface area contributed by atoms with Gasteiger partial charge in [-0.15, -0.1) is 0 Å². The van der Waals surface area contributed by atoms with Gasteiger partial charge in [-0.3, -0.25) is 4.79 Å². The number of hydrogen-bond donors (Lipinski definition) is 3. The molecule has 8 heteroatoms. The molecule has 2 aliphatic rings. The van der Waals surface area contributed by atoms with Gasteiger partial charge >= 0.3 is 6.03 Å². The molecule has 6 nitrogen and oxygen atoms in total. The van der Waals surface area contributed by atoms with Gasteiger partial charge in [0.15, 0.2) is 5.76 Å². The summed E-state index contributed by atoms with van der Waals surface area (Å²) in [5.74, 6) is -0.626. The SMILES string of the molecule is O=C1Nc2c(Cl)cc3cc(C(=O)NCc4cccc(F)c4)oc3c2C2(CCCCC2)N1. The smallest absolute Gasteiger partial charge is 0.319 e. The number of hydrogen-bond acceptors (Lipinski definition) is 3. The van der Waals surface area contributed by atoms with Crippen molar-refractivity contribution in [3.8, 4) is 0 Å². The van der Waals surface area contributed by atoms with Crippen molar-refractivity contribution in [1.29, 1.82) is 0 Å². The molecule has 1 aliphatic heterocycles. The lowest BCUT2D eigenvalue weighted by Crippen LogP contribution is -2.52. The van der Waals surface area contributed by atoms with Crippen LogP contribution in [0, 0.1) is 5.82 Å². The zero-order valence-corrected chi connectivity index (χ0v) is 17.4. The summed E-state index contributed by atoms with van der Waals surface area (Å²) < 4.78 is 19.4. The fraction of sp³-hybridized carbons (Fsp3) is 0.304. The van der Waals surface area contributed by atoms with Crippen molar-refractivity contribution in [2.24, 2.45) is 0 Å². The Morgan fingerprint density at radius 3 is 2.77 bits per heavy atom. The number of benzene rings is 2. The lowest BCUT2D eigenvalue weighted by Gasteiger charge is -2.42. The van der Waals surface area contributed by atoms with E-state index in [2.05, 4.69) is 16.0 Å². The van der Waals surface area contributed by atoms with Crippen molar-refractivity contribution in [2.75, 3.05) is 5.32 Å². The summed E-state index contributed by atoms with van der Waals surface area (Å²) in [6.45, 7) is 0.175. The first kappa shape index (κ1) is 19.9. The summed E-state index contributed by atoms with van der Waals surface area (Å²) in [6.07, 6.45) is 4.64. The summed E-state index contributed by atoms with van der Waals surface area (Å²) in [7, 11) is 0. The molecular weight excluding hydrogens is 421 g/mol. The van der Waals surface area contributed by atoms with Gasteiger partial charge in [0.25, 0.3) is 5.91 Å². The van der Waals surface area contributed by atoms with Crippen molar-refractivity contribution in [3.63, 3.8) is 0 Å². The third-order valence-corrected chi connectivity index (χ3v) is 6.40. The molecule has 5 rings (SSSR count). The molecular formula is C23H21ClFN3O3. The minimum Gasteiger partial charge on any atom is -0.450 e. The van der Waals surface area contributed by atoms with Crippen LogP contribution in [-0.2, 0) is 12.1 Å². The van der Waals surface area contributed by atoms with Crippen LogP contribution in [0.25, 0.3) is 11.0 Å². The number of halogens is 2. The summed E-state index contributed by atoms with van der Waals surface area (Å²) in [4.78, 5) is 25.1. The Morgan fingerprint density at radius 2 is 2.00 bits per heavy atom. The van der Waals surface area contributed by atoms with E-state index in [-0.39, 0.29) is 24.2 Å². The number of carbonyl (C=O) groups is 2. The summed E-state index contributed by atoms with van der Waals surface area (Å²) in [5.41, 5.74) is 1.98. The van der Waals surface area contributed by atoms with Gasteiger partial charge in [-0.05, 0) is 42.7 Å². The Kier molecular flexibility index (Phi) is 4.85. The highest BCUT2D eigenvalue weighted by Crippen LogP contribution is 2.48. The van der Waals surface area contributed by atoms with Gasteiger partial charge in [0.2, 0.25) is 0 Å². The van der Waals surface area contributed by atoms with Crippen LogP contribution in [0.4, 0.5) is 14.9 Å². The van der Waals surface area contributed by atoms with Crippen LogP contribution in [0.15, 0.2) is 40.8 Å². The van der Waals surface area contributed by atoms with E-state index >= 15 is 0 Å². The second-order valence-corrected chi connectivity index (χ2v) is 8.58. The highest BCUT2D eigenvalue weighted by atomic mass is 35.5. The molecule has 1 fully saturated rings. The third-order valence-electron chi connectivity index (χ3n) is 6.10. The number of nitrogens with one attached hydrogen (secondary N) is 3. The van der Waals surface area contributed by atoms with E-state index in [0.717, 1.165) is 37.7 Å². The van der Waals surface area contributed by atoms with E-state index in [9.17, 15) is 14.0 Å². The molecule has 160 valence electrons. The molecule has 1 aromatic heterocycles. The maximum Gasteiger partial charge on any atom is 0.319 e. The summed E-state index contributed by atoms with van der Waals surface area (Å²) in [6, 6.07) is 9.12. The van der Waals surface area contributed by atoms with Crippen molar-refractivity contribution in [3.05, 3.63) is 64.1 Å². The van der Waals surface area contributed by atoms with Crippen LogP contribution in [0.3, 0.4) is 0 Å². The van der Waals surface area contributed by atoms with E-state index in [1.165, 1.54) is 12.1 Å². The van der Waals surface area contributed by atoms with Crippen LogP contribution in [0.1, 0.15) is 53.8 Å². The average molecular weight is 442 g/mol. The Labute approximate surface area is 183 Å².